The number of rotatable bonds is 6. The summed E-state index contributed by atoms with van der Waals surface area (Å²) in [5.41, 5.74) is 0. The van der Waals surface area contributed by atoms with Gasteiger partial charge in [-0.15, -0.1) is 0 Å². The normalized spacial score (nSPS) is 19.9. The Morgan fingerprint density at radius 3 is 2.64 bits per heavy atom. The van der Waals surface area contributed by atoms with E-state index >= 15 is 0 Å². The van der Waals surface area contributed by atoms with Crippen molar-refractivity contribution in [2.24, 2.45) is 0 Å². The summed E-state index contributed by atoms with van der Waals surface area (Å²) in [5, 5.41) is 3.02. The molecule has 1 saturated heterocycles. The van der Waals surface area contributed by atoms with Crippen molar-refractivity contribution in [3.05, 3.63) is 0 Å². The first-order valence-corrected chi connectivity index (χ1v) is 5.21. The Balaban J connectivity index is 2.22. The van der Waals surface area contributed by atoms with Crippen molar-refractivity contribution in [3.8, 4) is 0 Å². The maximum absolute atomic E-state index is 11.4. The molecule has 0 bridgehead atoms. The van der Waals surface area contributed by atoms with Crippen molar-refractivity contribution in [2.45, 2.75) is 38.5 Å². The number of Topliss-reactive ketones (excluding diaryl/α,β-unsaturated/α-hetero) is 1. The Labute approximate surface area is 85.0 Å². The van der Waals surface area contributed by atoms with Gasteiger partial charge in [-0.1, -0.05) is 6.92 Å². The van der Waals surface area contributed by atoms with E-state index in [1.165, 1.54) is 0 Å². The van der Waals surface area contributed by atoms with Crippen LogP contribution in [0.5, 0.6) is 0 Å². The number of ether oxygens (including phenoxy) is 2. The highest BCUT2D eigenvalue weighted by molar-refractivity contribution is 5.83. The van der Waals surface area contributed by atoms with Crippen LogP contribution in [-0.4, -0.2) is 38.4 Å². The fourth-order valence-corrected chi connectivity index (χ4v) is 1.59. The number of hydrogen-bond acceptors (Lipinski definition) is 4. The second kappa shape index (κ2) is 6.11. The number of likely N-dealkylation sites (N-methyl/N-ethyl adjacent to an activating group) is 1. The highest BCUT2D eigenvalue weighted by atomic mass is 16.7. The monoisotopic (exact) mass is 201 g/mol. The molecule has 0 aliphatic carbocycles. The zero-order chi connectivity index (χ0) is 10.4. The summed E-state index contributed by atoms with van der Waals surface area (Å²) < 4.78 is 10.6. The Morgan fingerprint density at radius 2 is 2.14 bits per heavy atom. The highest BCUT2D eigenvalue weighted by Crippen LogP contribution is 2.12. The van der Waals surface area contributed by atoms with Crippen LogP contribution >= 0.6 is 0 Å². The molecule has 4 nitrogen and oxygen atoms in total. The molecule has 0 aromatic carbocycles. The van der Waals surface area contributed by atoms with Crippen LogP contribution in [0.2, 0.25) is 0 Å². The first-order chi connectivity index (χ1) is 6.77. The zero-order valence-electron chi connectivity index (χ0n) is 8.91. The maximum Gasteiger partial charge on any atom is 0.157 e. The summed E-state index contributed by atoms with van der Waals surface area (Å²) >= 11 is 0. The molecule has 1 atom stereocenters. The highest BCUT2D eigenvalue weighted by Gasteiger charge is 2.20. The molecule has 1 aliphatic heterocycles. The fourth-order valence-electron chi connectivity index (χ4n) is 1.59. The predicted octanol–water partition coefficient (Wildman–Crippen LogP) is 0.707. The van der Waals surface area contributed by atoms with E-state index in [9.17, 15) is 4.79 Å². The standard InChI is InChI=1S/C10H19NO3/c1-3-9(12)8(11-2)4-5-10-13-6-7-14-10/h8,10-11H,3-7H2,1-2H3. The molecular weight excluding hydrogens is 182 g/mol. The molecule has 0 saturated carbocycles. The number of ketones is 1. The largest absolute Gasteiger partial charge is 0.350 e. The van der Waals surface area contributed by atoms with Crippen molar-refractivity contribution >= 4 is 5.78 Å². The third-order valence-corrected chi connectivity index (χ3v) is 2.47. The first kappa shape index (κ1) is 11.6. The summed E-state index contributed by atoms with van der Waals surface area (Å²) in [6.07, 6.45) is 2.05. The number of nitrogens with one attached hydrogen (secondary N) is 1. The van der Waals surface area contributed by atoms with Gasteiger partial charge in [-0.2, -0.15) is 0 Å². The number of hydrogen-bond donors (Lipinski definition) is 1. The third-order valence-electron chi connectivity index (χ3n) is 2.47. The van der Waals surface area contributed by atoms with E-state index in [1.54, 1.807) is 0 Å². The summed E-state index contributed by atoms with van der Waals surface area (Å²) in [6.45, 7) is 3.24. The van der Waals surface area contributed by atoms with Gasteiger partial charge in [-0.05, 0) is 13.5 Å². The van der Waals surface area contributed by atoms with Crippen molar-refractivity contribution in [1.29, 1.82) is 0 Å². The molecule has 0 radical (unpaired) electrons. The second-order valence-corrected chi connectivity index (χ2v) is 3.41. The topological polar surface area (TPSA) is 47.6 Å². The lowest BCUT2D eigenvalue weighted by Crippen LogP contribution is -2.34. The van der Waals surface area contributed by atoms with Crippen LogP contribution in [-0.2, 0) is 14.3 Å². The van der Waals surface area contributed by atoms with Gasteiger partial charge in [-0.3, -0.25) is 4.79 Å². The summed E-state index contributed by atoms with van der Waals surface area (Å²) in [4.78, 5) is 11.4. The smallest absolute Gasteiger partial charge is 0.157 e. The lowest BCUT2D eigenvalue weighted by atomic mass is 10.1. The molecule has 1 unspecified atom stereocenters. The van der Waals surface area contributed by atoms with Gasteiger partial charge >= 0.3 is 0 Å². The van der Waals surface area contributed by atoms with Gasteiger partial charge < -0.3 is 14.8 Å². The van der Waals surface area contributed by atoms with E-state index in [4.69, 9.17) is 9.47 Å². The molecular formula is C10H19NO3. The lowest BCUT2D eigenvalue weighted by molar-refractivity contribution is -0.121. The average Bonchev–Trinajstić information content (AvgIpc) is 2.71. The molecule has 14 heavy (non-hydrogen) atoms. The summed E-state index contributed by atoms with van der Waals surface area (Å²) in [7, 11) is 1.81. The van der Waals surface area contributed by atoms with Crippen molar-refractivity contribution in [1.82, 2.24) is 5.32 Å². The van der Waals surface area contributed by atoms with Crippen LogP contribution in [0, 0.1) is 0 Å². The Bertz CT molecular complexity index is 178. The zero-order valence-corrected chi connectivity index (χ0v) is 8.91. The lowest BCUT2D eigenvalue weighted by Gasteiger charge is -2.15. The van der Waals surface area contributed by atoms with Crippen LogP contribution in [0.3, 0.4) is 0 Å². The minimum absolute atomic E-state index is 0.0483. The third kappa shape index (κ3) is 3.36. The molecule has 0 aromatic rings. The van der Waals surface area contributed by atoms with Gasteiger partial charge in [0.25, 0.3) is 0 Å². The molecule has 1 rings (SSSR count). The SMILES string of the molecule is CCC(=O)C(CCC1OCCO1)NC. The maximum atomic E-state index is 11.4. The average molecular weight is 201 g/mol. The number of carbonyl (C=O) groups is 1. The van der Waals surface area contributed by atoms with Gasteiger partial charge in [-0.25, -0.2) is 0 Å². The summed E-state index contributed by atoms with van der Waals surface area (Å²) in [6, 6.07) is -0.0483. The Kier molecular flexibility index (Phi) is 5.07. The first-order valence-electron chi connectivity index (χ1n) is 5.21. The predicted molar refractivity (Wildman–Crippen MR) is 53.1 cm³/mol. The van der Waals surface area contributed by atoms with E-state index in [0.29, 0.717) is 19.6 Å². The molecule has 0 spiro atoms. The van der Waals surface area contributed by atoms with Gasteiger partial charge in [0, 0.05) is 12.8 Å². The molecule has 0 aromatic heterocycles. The van der Waals surface area contributed by atoms with Crippen molar-refractivity contribution in [3.63, 3.8) is 0 Å². The van der Waals surface area contributed by atoms with Gasteiger partial charge in [0.1, 0.15) is 5.78 Å². The summed E-state index contributed by atoms with van der Waals surface area (Å²) in [5.74, 6) is 0.255. The van der Waals surface area contributed by atoms with Crippen LogP contribution in [0.4, 0.5) is 0 Å². The molecule has 1 heterocycles. The Hall–Kier alpha value is -0.450. The van der Waals surface area contributed by atoms with E-state index in [1.807, 2.05) is 14.0 Å². The van der Waals surface area contributed by atoms with Crippen LogP contribution in [0.15, 0.2) is 0 Å². The molecule has 1 aliphatic rings. The van der Waals surface area contributed by atoms with Gasteiger partial charge in [0.2, 0.25) is 0 Å². The molecule has 82 valence electrons. The van der Waals surface area contributed by atoms with Crippen LogP contribution < -0.4 is 5.32 Å². The van der Waals surface area contributed by atoms with E-state index in [0.717, 1.165) is 12.8 Å². The molecule has 1 fully saturated rings. The fraction of sp³-hybridized carbons (Fsp3) is 0.900. The van der Waals surface area contributed by atoms with E-state index in [-0.39, 0.29) is 18.1 Å². The Morgan fingerprint density at radius 1 is 1.50 bits per heavy atom. The van der Waals surface area contributed by atoms with Gasteiger partial charge in [0.15, 0.2) is 6.29 Å². The quantitative estimate of drug-likeness (QED) is 0.687. The van der Waals surface area contributed by atoms with E-state index < -0.39 is 0 Å². The van der Waals surface area contributed by atoms with Crippen LogP contribution in [0.1, 0.15) is 26.2 Å². The van der Waals surface area contributed by atoms with Gasteiger partial charge in [0.05, 0.1) is 19.3 Å². The minimum Gasteiger partial charge on any atom is -0.350 e. The molecule has 4 heteroatoms. The molecule has 0 amide bonds. The second-order valence-electron chi connectivity index (χ2n) is 3.41. The number of carbonyl (C=O) groups excluding carboxylic acids is 1. The van der Waals surface area contributed by atoms with Crippen molar-refractivity contribution < 1.29 is 14.3 Å². The minimum atomic E-state index is -0.101. The van der Waals surface area contributed by atoms with Crippen molar-refractivity contribution in [2.75, 3.05) is 20.3 Å². The van der Waals surface area contributed by atoms with E-state index in [2.05, 4.69) is 5.32 Å². The van der Waals surface area contributed by atoms with Crippen LogP contribution in [0.25, 0.3) is 0 Å². The molecule has 1 N–H and O–H groups in total.